The Morgan fingerprint density at radius 1 is 1.21 bits per heavy atom. The molecule has 0 bridgehead atoms. The number of halogens is 3. The molecule has 0 amide bonds. The van der Waals surface area contributed by atoms with Gasteiger partial charge in [0, 0.05) is 0 Å². The molecule has 33 heavy (non-hydrogen) atoms. The highest BCUT2D eigenvalue weighted by Crippen LogP contribution is 2.41. The van der Waals surface area contributed by atoms with Gasteiger partial charge in [0.15, 0.2) is 0 Å². The molecule has 1 atom stereocenters. The molecule has 4 rings (SSSR count). The van der Waals surface area contributed by atoms with Crippen LogP contribution in [0.5, 0.6) is 5.75 Å². The lowest BCUT2D eigenvalue weighted by Gasteiger charge is -2.18. The van der Waals surface area contributed by atoms with E-state index in [9.17, 15) is 32.7 Å². The van der Waals surface area contributed by atoms with Crippen molar-refractivity contribution in [3.8, 4) is 11.4 Å². The number of carboxylic acids is 1. The number of alkyl halides is 3. The minimum absolute atomic E-state index is 0.0119. The molecule has 1 aliphatic rings. The molecule has 1 aromatic heterocycles. The number of methoxy groups -OCH3 is 1. The lowest BCUT2D eigenvalue weighted by molar-refractivity contribution is -0.138. The molecule has 1 heterocycles. The molecule has 0 fully saturated rings. The number of nitrogens with zero attached hydrogens (tertiary/aromatic N) is 3. The van der Waals surface area contributed by atoms with Gasteiger partial charge >= 0.3 is 17.8 Å². The lowest BCUT2D eigenvalue weighted by atomic mass is 10.0. The van der Waals surface area contributed by atoms with Gasteiger partial charge in [-0.15, -0.1) is 0 Å². The summed E-state index contributed by atoms with van der Waals surface area (Å²) in [5.41, 5.74) is -3.01. The number of aromatic nitrogens is 3. The average Bonchev–Trinajstić information content (AvgIpc) is 3.17. The maximum Gasteiger partial charge on any atom is 0.416 e. The first kappa shape index (κ1) is 22.3. The molecule has 2 aromatic carbocycles. The van der Waals surface area contributed by atoms with E-state index in [1.807, 2.05) is 0 Å². The van der Waals surface area contributed by atoms with Crippen LogP contribution in [0.3, 0.4) is 0 Å². The lowest BCUT2D eigenvalue weighted by Crippen LogP contribution is -2.46. The largest absolute Gasteiger partial charge is 0.497 e. The minimum Gasteiger partial charge on any atom is -0.497 e. The first-order chi connectivity index (χ1) is 15.5. The molecule has 1 N–H and O–H groups in total. The Morgan fingerprint density at radius 3 is 2.55 bits per heavy atom. The van der Waals surface area contributed by atoms with Gasteiger partial charge in [-0.1, -0.05) is 12.1 Å². The molecular formula is C22H18F3N3O5. The third-order valence-corrected chi connectivity index (χ3v) is 5.70. The van der Waals surface area contributed by atoms with E-state index in [0.717, 1.165) is 10.7 Å². The monoisotopic (exact) mass is 461 g/mol. The molecule has 0 radical (unpaired) electrons. The number of hydrogen-bond donors (Lipinski definition) is 1. The van der Waals surface area contributed by atoms with Gasteiger partial charge in [0.2, 0.25) is 5.69 Å². The van der Waals surface area contributed by atoms with Crippen molar-refractivity contribution in [2.45, 2.75) is 32.0 Å². The SMILES string of the molecule is COc1ccc(-n2nc(C(=O)O)c(=O)n(C3CCc4c3cccc4C(F)(F)F)c2=O)c(C)c1. The van der Waals surface area contributed by atoms with Crippen LogP contribution in [0.4, 0.5) is 13.2 Å². The fraction of sp³-hybridized carbons (Fsp3) is 0.273. The minimum atomic E-state index is -4.60. The fourth-order valence-electron chi connectivity index (χ4n) is 4.21. The van der Waals surface area contributed by atoms with Crippen molar-refractivity contribution in [3.63, 3.8) is 0 Å². The maximum atomic E-state index is 13.5. The summed E-state index contributed by atoms with van der Waals surface area (Å²) in [6, 6.07) is 7.11. The normalized spacial score (nSPS) is 15.4. The zero-order chi connectivity index (χ0) is 24.1. The quantitative estimate of drug-likeness (QED) is 0.641. The van der Waals surface area contributed by atoms with Gasteiger partial charge in [-0.05, 0) is 60.7 Å². The molecule has 0 spiro atoms. The second kappa shape index (κ2) is 7.91. The number of hydrogen-bond acceptors (Lipinski definition) is 5. The molecule has 0 saturated heterocycles. The number of carboxylic acid groups (broad SMARTS) is 1. The third-order valence-electron chi connectivity index (χ3n) is 5.70. The molecule has 0 saturated carbocycles. The van der Waals surface area contributed by atoms with Gasteiger partial charge in [-0.3, -0.25) is 4.79 Å². The summed E-state index contributed by atoms with van der Waals surface area (Å²) in [5.74, 6) is -1.17. The van der Waals surface area contributed by atoms with Crippen LogP contribution in [0.1, 0.15) is 45.2 Å². The van der Waals surface area contributed by atoms with Crippen molar-refractivity contribution in [1.82, 2.24) is 14.3 Å². The number of fused-ring (bicyclic) bond motifs is 1. The van der Waals surface area contributed by atoms with Crippen LogP contribution in [0.25, 0.3) is 5.69 Å². The average molecular weight is 461 g/mol. The van der Waals surface area contributed by atoms with Gasteiger partial charge in [0.1, 0.15) is 5.75 Å². The number of rotatable bonds is 4. The van der Waals surface area contributed by atoms with Crippen LogP contribution in [0.2, 0.25) is 0 Å². The molecule has 8 nitrogen and oxygen atoms in total. The Morgan fingerprint density at radius 2 is 1.94 bits per heavy atom. The van der Waals surface area contributed by atoms with Crippen LogP contribution in [-0.4, -0.2) is 32.5 Å². The summed E-state index contributed by atoms with van der Waals surface area (Å²) in [5, 5.41) is 13.3. The van der Waals surface area contributed by atoms with Crippen molar-refractivity contribution < 1.29 is 27.8 Å². The Balaban J connectivity index is 1.98. The fourth-order valence-corrected chi connectivity index (χ4v) is 4.21. The van der Waals surface area contributed by atoms with Crippen molar-refractivity contribution >= 4 is 5.97 Å². The van der Waals surface area contributed by atoms with Gasteiger partial charge in [0.05, 0.1) is 24.4 Å². The van der Waals surface area contributed by atoms with Gasteiger partial charge in [-0.25, -0.2) is 14.2 Å². The Labute approximate surface area is 184 Å². The van der Waals surface area contributed by atoms with Crippen LogP contribution < -0.4 is 16.0 Å². The smallest absolute Gasteiger partial charge is 0.416 e. The molecule has 1 aliphatic carbocycles. The molecular weight excluding hydrogens is 443 g/mol. The van der Waals surface area contributed by atoms with E-state index in [0.29, 0.717) is 15.9 Å². The number of aryl methyl sites for hydroxylation is 1. The van der Waals surface area contributed by atoms with E-state index in [2.05, 4.69) is 5.10 Å². The maximum absolute atomic E-state index is 13.5. The summed E-state index contributed by atoms with van der Waals surface area (Å²) in [7, 11) is 1.45. The standard InChI is InChI=1S/C22H18F3N3O5/c1-11-10-12(33-2)6-8-16(11)28-21(32)27(19(29)18(26-28)20(30)31)17-9-7-13-14(17)4-3-5-15(13)22(23,24)25/h3-6,8,10,17H,7,9H2,1-2H3,(H,30,31). The van der Waals surface area contributed by atoms with Crippen molar-refractivity contribution in [2.75, 3.05) is 7.11 Å². The van der Waals surface area contributed by atoms with Gasteiger partial charge in [0.25, 0.3) is 5.56 Å². The highest BCUT2D eigenvalue weighted by Gasteiger charge is 2.38. The number of aromatic carboxylic acids is 1. The first-order valence-electron chi connectivity index (χ1n) is 9.87. The molecule has 172 valence electrons. The summed E-state index contributed by atoms with van der Waals surface area (Å²) in [6.45, 7) is 1.64. The third kappa shape index (κ3) is 3.69. The number of ether oxygens (including phenoxy) is 1. The van der Waals surface area contributed by atoms with Crippen molar-refractivity contribution in [1.29, 1.82) is 0 Å². The summed E-state index contributed by atoms with van der Waals surface area (Å²) in [4.78, 5) is 38.1. The summed E-state index contributed by atoms with van der Waals surface area (Å²) in [6.07, 6.45) is -4.59. The highest BCUT2D eigenvalue weighted by atomic mass is 19.4. The van der Waals surface area contributed by atoms with Crippen LogP contribution in [0, 0.1) is 6.92 Å². The predicted octanol–water partition coefficient (Wildman–Crippen LogP) is 2.96. The predicted molar refractivity (Wildman–Crippen MR) is 110 cm³/mol. The molecule has 1 unspecified atom stereocenters. The molecule has 3 aromatic rings. The van der Waals surface area contributed by atoms with Gasteiger partial charge in [-0.2, -0.15) is 23.0 Å². The van der Waals surface area contributed by atoms with Crippen LogP contribution >= 0.6 is 0 Å². The zero-order valence-corrected chi connectivity index (χ0v) is 17.5. The van der Waals surface area contributed by atoms with E-state index in [1.165, 1.54) is 31.4 Å². The van der Waals surface area contributed by atoms with Gasteiger partial charge < -0.3 is 9.84 Å². The Kier molecular flexibility index (Phi) is 5.35. The van der Waals surface area contributed by atoms with E-state index >= 15 is 0 Å². The number of benzene rings is 2. The van der Waals surface area contributed by atoms with Crippen LogP contribution in [-0.2, 0) is 12.6 Å². The van der Waals surface area contributed by atoms with E-state index in [1.54, 1.807) is 13.0 Å². The first-order valence-corrected chi connectivity index (χ1v) is 9.87. The van der Waals surface area contributed by atoms with E-state index in [4.69, 9.17) is 4.74 Å². The highest BCUT2D eigenvalue weighted by molar-refractivity contribution is 5.84. The second-order valence-corrected chi connectivity index (χ2v) is 7.60. The van der Waals surface area contributed by atoms with E-state index in [-0.39, 0.29) is 29.7 Å². The summed E-state index contributed by atoms with van der Waals surface area (Å²) >= 11 is 0. The molecule has 0 aliphatic heterocycles. The summed E-state index contributed by atoms with van der Waals surface area (Å²) < 4.78 is 47.0. The second-order valence-electron chi connectivity index (χ2n) is 7.60. The zero-order valence-electron chi connectivity index (χ0n) is 17.5. The Bertz CT molecular complexity index is 1390. The topological polar surface area (TPSA) is 103 Å². The Hall–Kier alpha value is -3.89. The van der Waals surface area contributed by atoms with Crippen molar-refractivity contribution in [3.05, 3.63) is 85.2 Å². The molecule has 11 heteroatoms. The van der Waals surface area contributed by atoms with Crippen LogP contribution in [0.15, 0.2) is 46.0 Å². The number of carbonyl (C=O) groups is 1. The van der Waals surface area contributed by atoms with E-state index < -0.39 is 40.7 Å². The van der Waals surface area contributed by atoms with Crippen molar-refractivity contribution in [2.24, 2.45) is 0 Å².